The van der Waals surface area contributed by atoms with E-state index in [-0.39, 0.29) is 29.4 Å². The molecule has 2 N–H and O–H groups in total. The summed E-state index contributed by atoms with van der Waals surface area (Å²) in [6, 6.07) is 8.80. The van der Waals surface area contributed by atoms with Crippen molar-refractivity contribution in [3.05, 3.63) is 53.8 Å². The van der Waals surface area contributed by atoms with E-state index in [1.807, 2.05) is 0 Å². The maximum atomic E-state index is 13.9. The molecule has 1 fully saturated rings. The number of fused-ring (bicyclic) bond motifs is 2. The third-order valence-electron chi connectivity index (χ3n) is 4.76. The normalized spacial score (nSPS) is 23.6. The van der Waals surface area contributed by atoms with Crippen LogP contribution < -0.4 is 10.1 Å². The fourth-order valence-corrected chi connectivity index (χ4v) is 5.28. The van der Waals surface area contributed by atoms with Gasteiger partial charge in [0.25, 0.3) is 5.91 Å². The summed E-state index contributed by atoms with van der Waals surface area (Å²) in [5.74, 6) is -1.46. The van der Waals surface area contributed by atoms with Crippen LogP contribution in [-0.2, 0) is 10.0 Å². The molecule has 4 rings (SSSR count). The third-order valence-corrected chi connectivity index (χ3v) is 6.72. The van der Waals surface area contributed by atoms with Gasteiger partial charge >= 0.3 is 0 Å². The van der Waals surface area contributed by atoms with Crippen LogP contribution >= 0.6 is 0 Å². The Kier molecular flexibility index (Phi) is 4.27. The van der Waals surface area contributed by atoms with Crippen molar-refractivity contribution in [3.63, 3.8) is 0 Å². The highest BCUT2D eigenvalue weighted by Crippen LogP contribution is 2.35. The van der Waals surface area contributed by atoms with Crippen LogP contribution in [0.1, 0.15) is 16.8 Å². The quantitative estimate of drug-likeness (QED) is 0.807. The maximum Gasteiger partial charge on any atom is 0.254 e. The number of aromatic hydroxyl groups is 1. The first-order valence-corrected chi connectivity index (χ1v) is 9.83. The van der Waals surface area contributed by atoms with Crippen molar-refractivity contribution < 1.29 is 27.4 Å². The van der Waals surface area contributed by atoms with Crippen LogP contribution in [0.5, 0.6) is 11.5 Å². The first-order chi connectivity index (χ1) is 12.9. The summed E-state index contributed by atoms with van der Waals surface area (Å²) in [6.07, 6.45) is 0.360. The molecule has 0 saturated carbocycles. The lowest BCUT2D eigenvalue weighted by Gasteiger charge is -2.19. The smallest absolute Gasteiger partial charge is 0.254 e. The van der Waals surface area contributed by atoms with Gasteiger partial charge in [0.15, 0.2) is 0 Å². The Morgan fingerprint density at radius 3 is 2.81 bits per heavy atom. The summed E-state index contributed by atoms with van der Waals surface area (Å²) >= 11 is 0. The second-order valence-electron chi connectivity index (χ2n) is 6.56. The highest BCUT2D eigenvalue weighted by atomic mass is 32.2. The highest BCUT2D eigenvalue weighted by molar-refractivity contribution is 7.89. The van der Waals surface area contributed by atoms with Gasteiger partial charge in [0.1, 0.15) is 28.8 Å². The predicted octanol–water partition coefficient (Wildman–Crippen LogP) is 1.49. The number of nitrogens with one attached hydrogen (secondary N) is 1. The van der Waals surface area contributed by atoms with E-state index in [0.717, 1.165) is 6.07 Å². The molecule has 1 saturated heterocycles. The average Bonchev–Trinajstić information content (AvgIpc) is 2.99. The lowest BCUT2D eigenvalue weighted by molar-refractivity contribution is 0.0934. The molecule has 2 heterocycles. The summed E-state index contributed by atoms with van der Waals surface area (Å²) in [5, 5.41) is 11.9. The van der Waals surface area contributed by atoms with E-state index in [9.17, 15) is 22.7 Å². The summed E-state index contributed by atoms with van der Waals surface area (Å²) in [7, 11) is -3.75. The Hall–Kier alpha value is -2.65. The number of sulfonamides is 1. The number of benzene rings is 2. The number of phenolic OH excluding ortho intramolecular Hbond substituents is 1. The van der Waals surface area contributed by atoms with E-state index >= 15 is 0 Å². The molecule has 2 aliphatic rings. The van der Waals surface area contributed by atoms with Gasteiger partial charge in [0.05, 0.1) is 11.6 Å². The molecule has 142 valence electrons. The van der Waals surface area contributed by atoms with Crippen molar-refractivity contribution in [1.82, 2.24) is 9.62 Å². The van der Waals surface area contributed by atoms with Gasteiger partial charge in [-0.05, 0) is 30.7 Å². The van der Waals surface area contributed by atoms with Crippen LogP contribution in [0, 0.1) is 5.82 Å². The van der Waals surface area contributed by atoms with Crippen molar-refractivity contribution in [2.45, 2.75) is 23.4 Å². The Morgan fingerprint density at radius 2 is 2.04 bits per heavy atom. The number of carbonyl (C=O) groups is 1. The Morgan fingerprint density at radius 1 is 1.26 bits per heavy atom. The van der Waals surface area contributed by atoms with Gasteiger partial charge in [-0.2, -0.15) is 4.31 Å². The lowest BCUT2D eigenvalue weighted by Crippen LogP contribution is -2.39. The number of carbonyl (C=O) groups excluding carboxylic acids is 1. The molecule has 0 bridgehead atoms. The number of phenols is 1. The average molecular weight is 392 g/mol. The van der Waals surface area contributed by atoms with E-state index < -0.39 is 33.8 Å². The van der Waals surface area contributed by atoms with Crippen molar-refractivity contribution in [2.75, 3.05) is 13.2 Å². The number of hydrogen-bond acceptors (Lipinski definition) is 5. The molecule has 0 unspecified atom stereocenters. The van der Waals surface area contributed by atoms with Crippen molar-refractivity contribution in [1.29, 1.82) is 0 Å². The summed E-state index contributed by atoms with van der Waals surface area (Å²) in [5.41, 5.74) is -0.209. The molecule has 2 aromatic carbocycles. The molecule has 2 atom stereocenters. The van der Waals surface area contributed by atoms with Crippen LogP contribution in [0.25, 0.3) is 0 Å². The first-order valence-electron chi connectivity index (χ1n) is 8.39. The number of para-hydroxylation sites is 1. The number of rotatable bonds is 2. The highest BCUT2D eigenvalue weighted by Gasteiger charge is 2.44. The zero-order valence-corrected chi connectivity index (χ0v) is 14.9. The molecule has 27 heavy (non-hydrogen) atoms. The minimum absolute atomic E-state index is 0.0795. The number of hydrogen-bond donors (Lipinski definition) is 2. The lowest BCUT2D eigenvalue weighted by atomic mass is 10.1. The van der Waals surface area contributed by atoms with Crippen LogP contribution in [0.4, 0.5) is 4.39 Å². The number of nitrogens with zero attached hydrogens (tertiary/aromatic N) is 1. The molecular formula is C18H17FN2O5S. The summed E-state index contributed by atoms with van der Waals surface area (Å²) in [6.45, 7) is 0.256. The minimum atomic E-state index is -3.75. The van der Waals surface area contributed by atoms with E-state index in [4.69, 9.17) is 4.74 Å². The van der Waals surface area contributed by atoms with Crippen LogP contribution in [0.15, 0.2) is 47.4 Å². The molecule has 2 aliphatic heterocycles. The largest absolute Gasteiger partial charge is 0.508 e. The van der Waals surface area contributed by atoms with E-state index in [1.165, 1.54) is 22.5 Å². The molecule has 0 aromatic heterocycles. The molecule has 2 aromatic rings. The van der Waals surface area contributed by atoms with Crippen molar-refractivity contribution in [2.24, 2.45) is 0 Å². The van der Waals surface area contributed by atoms with Gasteiger partial charge < -0.3 is 15.2 Å². The topological polar surface area (TPSA) is 95.9 Å². The van der Waals surface area contributed by atoms with Gasteiger partial charge in [0, 0.05) is 18.7 Å². The third kappa shape index (κ3) is 3.13. The second kappa shape index (κ2) is 6.50. The fraction of sp³-hybridized carbons (Fsp3) is 0.278. The zero-order valence-electron chi connectivity index (χ0n) is 14.1. The molecule has 0 radical (unpaired) electrons. The van der Waals surface area contributed by atoms with Crippen molar-refractivity contribution in [3.8, 4) is 11.5 Å². The standard InChI is InChI=1S/C18H17FN2O5S/c19-15-8-13(22)5-6-14(15)18(23)20-11-7-12-10-26-16-3-1-2-4-17(16)27(24,25)21(12)9-11/h1-6,8,11-12,22H,7,9-10H2,(H,20,23)/t11-,12-/m0/s1. The predicted molar refractivity (Wildman–Crippen MR) is 93.6 cm³/mol. The fourth-order valence-electron chi connectivity index (χ4n) is 3.48. The van der Waals surface area contributed by atoms with Gasteiger partial charge in [0.2, 0.25) is 10.0 Å². The maximum absolute atomic E-state index is 13.9. The first kappa shape index (κ1) is 17.7. The van der Waals surface area contributed by atoms with Gasteiger partial charge in [-0.3, -0.25) is 4.79 Å². The molecular weight excluding hydrogens is 375 g/mol. The molecule has 9 heteroatoms. The summed E-state index contributed by atoms with van der Waals surface area (Å²) in [4.78, 5) is 12.4. The van der Waals surface area contributed by atoms with E-state index in [0.29, 0.717) is 12.2 Å². The van der Waals surface area contributed by atoms with Crippen LogP contribution in [-0.4, -0.2) is 49.0 Å². The molecule has 7 nitrogen and oxygen atoms in total. The van der Waals surface area contributed by atoms with Crippen molar-refractivity contribution >= 4 is 15.9 Å². The Bertz CT molecular complexity index is 1010. The van der Waals surface area contributed by atoms with Gasteiger partial charge in [-0.15, -0.1) is 0 Å². The number of ether oxygens (including phenoxy) is 1. The minimum Gasteiger partial charge on any atom is -0.508 e. The zero-order chi connectivity index (χ0) is 19.2. The SMILES string of the molecule is O=C(N[C@H]1C[C@H]2COc3ccccc3S(=O)(=O)N2C1)c1ccc(O)cc1F. The second-order valence-corrected chi connectivity index (χ2v) is 8.42. The van der Waals surface area contributed by atoms with Gasteiger partial charge in [-0.1, -0.05) is 12.1 Å². The monoisotopic (exact) mass is 392 g/mol. The van der Waals surface area contributed by atoms with Gasteiger partial charge in [-0.25, -0.2) is 12.8 Å². The van der Waals surface area contributed by atoms with E-state index in [1.54, 1.807) is 18.2 Å². The Balaban J connectivity index is 1.54. The van der Waals surface area contributed by atoms with E-state index in [2.05, 4.69) is 5.32 Å². The number of amides is 1. The Labute approximate surface area is 155 Å². The molecule has 1 amide bonds. The van der Waals surface area contributed by atoms with Crippen LogP contribution in [0.2, 0.25) is 0 Å². The molecule has 0 spiro atoms. The summed E-state index contributed by atoms with van der Waals surface area (Å²) < 4.78 is 46.7. The van der Waals surface area contributed by atoms with Crippen LogP contribution in [0.3, 0.4) is 0 Å². The molecule has 0 aliphatic carbocycles. The number of halogens is 1.